The van der Waals surface area contributed by atoms with E-state index in [1.165, 1.54) is 0 Å². The average Bonchev–Trinajstić information content (AvgIpc) is 2.43. The van der Waals surface area contributed by atoms with Crippen molar-refractivity contribution >= 4 is 5.97 Å². The van der Waals surface area contributed by atoms with Crippen LogP contribution in [0.4, 0.5) is 22.0 Å². The van der Waals surface area contributed by atoms with Crippen molar-refractivity contribution in [2.45, 2.75) is 32.6 Å². The summed E-state index contributed by atoms with van der Waals surface area (Å²) in [4.78, 5) is 11.2. The second-order valence-electron chi connectivity index (χ2n) is 4.12. The summed E-state index contributed by atoms with van der Waals surface area (Å²) in [5.41, 5.74) is -1.01. The molecule has 2 nitrogen and oxygen atoms in total. The zero-order valence-corrected chi connectivity index (χ0v) is 10.7. The molecule has 7 heteroatoms. The highest BCUT2D eigenvalue weighted by Crippen LogP contribution is 2.24. The van der Waals surface area contributed by atoms with Crippen molar-refractivity contribution in [3.63, 3.8) is 0 Å². The summed E-state index contributed by atoms with van der Waals surface area (Å²) in [5.74, 6) is -10.8. The van der Waals surface area contributed by atoms with Crippen LogP contribution in [-0.2, 0) is 16.0 Å². The molecule has 0 aliphatic carbocycles. The van der Waals surface area contributed by atoms with Gasteiger partial charge < -0.3 is 4.74 Å². The molecule has 0 N–H and O–H groups in total. The van der Waals surface area contributed by atoms with Gasteiger partial charge >= 0.3 is 5.97 Å². The number of ether oxygens (including phenoxy) is 1. The summed E-state index contributed by atoms with van der Waals surface area (Å²) in [5, 5.41) is 0. The Balaban J connectivity index is 2.76. The Kier molecular flexibility index (Phi) is 5.91. The van der Waals surface area contributed by atoms with Crippen molar-refractivity contribution in [3.05, 3.63) is 34.6 Å². The highest BCUT2D eigenvalue weighted by atomic mass is 19.2. The molecule has 0 atom stereocenters. The van der Waals surface area contributed by atoms with Gasteiger partial charge in [-0.15, -0.1) is 0 Å². The third-order valence-electron chi connectivity index (χ3n) is 2.64. The molecular weight excluding hydrogens is 283 g/mol. The molecule has 112 valence electrons. The van der Waals surface area contributed by atoms with Crippen LogP contribution >= 0.6 is 0 Å². The first kappa shape index (κ1) is 16.4. The minimum atomic E-state index is -2.21. The lowest BCUT2D eigenvalue weighted by Gasteiger charge is -2.08. The number of halogens is 5. The lowest BCUT2D eigenvalue weighted by Crippen LogP contribution is -2.11. The first-order valence-electron chi connectivity index (χ1n) is 6.06. The minimum absolute atomic E-state index is 0.159. The van der Waals surface area contributed by atoms with Crippen molar-refractivity contribution in [2.24, 2.45) is 0 Å². The Hall–Kier alpha value is -1.66. The molecule has 0 saturated heterocycles. The van der Waals surface area contributed by atoms with Crippen molar-refractivity contribution in [2.75, 3.05) is 6.61 Å². The molecule has 0 saturated carbocycles. The van der Waals surface area contributed by atoms with Crippen molar-refractivity contribution in [1.82, 2.24) is 0 Å². The Bertz CT molecular complexity index is 473. The van der Waals surface area contributed by atoms with E-state index in [0.717, 1.165) is 6.42 Å². The average molecular weight is 296 g/mol. The fraction of sp³-hybridized carbons (Fsp3) is 0.462. The van der Waals surface area contributed by atoms with Gasteiger partial charge in [0.05, 0.1) is 6.61 Å². The van der Waals surface area contributed by atoms with Crippen LogP contribution in [0.5, 0.6) is 0 Å². The van der Waals surface area contributed by atoms with Crippen LogP contribution in [-0.4, -0.2) is 12.6 Å². The Labute approximate surface area is 112 Å². The summed E-state index contributed by atoms with van der Waals surface area (Å²) in [6, 6.07) is 0. The van der Waals surface area contributed by atoms with Crippen LogP contribution < -0.4 is 0 Å². The number of benzene rings is 1. The number of esters is 1. The quantitative estimate of drug-likeness (QED) is 0.263. The molecule has 20 heavy (non-hydrogen) atoms. The van der Waals surface area contributed by atoms with Gasteiger partial charge in [-0.05, 0) is 12.8 Å². The first-order valence-corrected chi connectivity index (χ1v) is 6.06. The van der Waals surface area contributed by atoms with Crippen molar-refractivity contribution < 1.29 is 31.5 Å². The maximum atomic E-state index is 13.3. The van der Waals surface area contributed by atoms with Crippen LogP contribution in [0.15, 0.2) is 0 Å². The molecule has 0 aliphatic rings. The van der Waals surface area contributed by atoms with E-state index in [9.17, 15) is 26.7 Å². The first-order chi connectivity index (χ1) is 9.40. The predicted molar refractivity (Wildman–Crippen MR) is 60.4 cm³/mol. The van der Waals surface area contributed by atoms with E-state index in [4.69, 9.17) is 4.74 Å². The largest absolute Gasteiger partial charge is 0.466 e. The Morgan fingerprint density at radius 1 is 0.950 bits per heavy atom. The normalized spacial score (nSPS) is 10.7. The number of carbonyl (C=O) groups excluding carboxylic acids is 1. The lowest BCUT2D eigenvalue weighted by molar-refractivity contribution is -0.143. The topological polar surface area (TPSA) is 26.3 Å². The fourth-order valence-electron chi connectivity index (χ4n) is 1.50. The second-order valence-corrected chi connectivity index (χ2v) is 4.12. The monoisotopic (exact) mass is 296 g/mol. The van der Waals surface area contributed by atoms with E-state index < -0.39 is 53.5 Å². The molecule has 0 bridgehead atoms. The third kappa shape index (κ3) is 3.68. The summed E-state index contributed by atoms with van der Waals surface area (Å²) in [6.45, 7) is 2.04. The highest BCUT2D eigenvalue weighted by molar-refractivity contribution is 5.69. The van der Waals surface area contributed by atoms with Gasteiger partial charge in [-0.2, -0.15) is 0 Å². The van der Waals surface area contributed by atoms with Gasteiger partial charge in [0.15, 0.2) is 23.3 Å². The van der Waals surface area contributed by atoms with Crippen molar-refractivity contribution in [1.29, 1.82) is 0 Å². The van der Waals surface area contributed by atoms with E-state index in [1.807, 2.05) is 6.92 Å². The molecule has 0 heterocycles. The Morgan fingerprint density at radius 2 is 1.45 bits per heavy atom. The third-order valence-corrected chi connectivity index (χ3v) is 2.64. The van der Waals surface area contributed by atoms with Crippen molar-refractivity contribution in [3.8, 4) is 0 Å². The van der Waals surface area contributed by atoms with E-state index in [2.05, 4.69) is 0 Å². The van der Waals surface area contributed by atoms with Crippen LogP contribution in [0, 0.1) is 29.1 Å². The molecule has 1 rings (SSSR count). The molecular formula is C13H13F5O2. The minimum Gasteiger partial charge on any atom is -0.466 e. The molecule has 0 unspecified atom stereocenters. The maximum Gasteiger partial charge on any atom is 0.306 e. The lowest BCUT2D eigenvalue weighted by atomic mass is 10.1. The molecule has 0 fully saturated rings. The van der Waals surface area contributed by atoms with E-state index >= 15 is 0 Å². The van der Waals surface area contributed by atoms with Gasteiger partial charge in [0.25, 0.3) is 0 Å². The van der Waals surface area contributed by atoms with E-state index in [1.54, 1.807) is 0 Å². The van der Waals surface area contributed by atoms with E-state index in [-0.39, 0.29) is 6.61 Å². The van der Waals surface area contributed by atoms with Gasteiger partial charge in [0.1, 0.15) is 0 Å². The Morgan fingerprint density at radius 3 is 1.95 bits per heavy atom. The molecule has 1 aromatic carbocycles. The number of unbranched alkanes of at least 4 members (excludes halogenated alkanes) is 1. The highest BCUT2D eigenvalue weighted by Gasteiger charge is 2.25. The van der Waals surface area contributed by atoms with E-state index in [0.29, 0.717) is 6.42 Å². The van der Waals surface area contributed by atoms with Gasteiger partial charge in [-0.25, -0.2) is 22.0 Å². The summed E-state index contributed by atoms with van der Waals surface area (Å²) in [7, 11) is 0. The van der Waals surface area contributed by atoms with Gasteiger partial charge in [-0.1, -0.05) is 13.3 Å². The van der Waals surface area contributed by atoms with Gasteiger partial charge in [0, 0.05) is 12.0 Å². The number of rotatable bonds is 6. The van der Waals surface area contributed by atoms with Crippen LogP contribution in [0.2, 0.25) is 0 Å². The van der Waals surface area contributed by atoms with Crippen LogP contribution in [0.25, 0.3) is 0 Å². The smallest absolute Gasteiger partial charge is 0.306 e. The molecule has 0 amide bonds. The fourth-order valence-corrected chi connectivity index (χ4v) is 1.50. The molecule has 0 aromatic heterocycles. The molecule has 0 spiro atoms. The molecule has 0 radical (unpaired) electrons. The predicted octanol–water partition coefficient (Wildman–Crippen LogP) is 3.66. The maximum absolute atomic E-state index is 13.3. The summed E-state index contributed by atoms with van der Waals surface area (Å²) >= 11 is 0. The summed E-state index contributed by atoms with van der Waals surface area (Å²) in [6.07, 6.45) is 0.359. The number of hydrogen-bond acceptors (Lipinski definition) is 2. The van der Waals surface area contributed by atoms with Gasteiger partial charge in [-0.3, -0.25) is 4.79 Å². The summed E-state index contributed by atoms with van der Waals surface area (Å²) < 4.78 is 69.9. The molecule has 1 aromatic rings. The number of carbonyl (C=O) groups is 1. The zero-order chi connectivity index (χ0) is 15.3. The standard InChI is InChI=1S/C13H13F5O2/c1-2-3-6-20-8(19)5-4-7-9(14)11(16)13(18)12(17)10(7)15/h2-6H2,1H3. The van der Waals surface area contributed by atoms with Gasteiger partial charge in [0.2, 0.25) is 5.82 Å². The molecule has 0 aliphatic heterocycles. The second kappa shape index (κ2) is 7.21. The number of hydrogen-bond donors (Lipinski definition) is 0. The van der Waals surface area contributed by atoms with Crippen LogP contribution in [0.1, 0.15) is 31.7 Å². The SMILES string of the molecule is CCCCOC(=O)CCc1c(F)c(F)c(F)c(F)c1F. The van der Waals surface area contributed by atoms with Crippen LogP contribution in [0.3, 0.4) is 0 Å². The zero-order valence-electron chi connectivity index (χ0n) is 10.7.